The van der Waals surface area contributed by atoms with Crippen LogP contribution in [0.15, 0.2) is 24.3 Å². The molecule has 2 rings (SSSR count). The van der Waals surface area contributed by atoms with Gasteiger partial charge in [-0.3, -0.25) is 19.3 Å². The Morgan fingerprint density at radius 3 is 2.20 bits per heavy atom. The zero-order valence-electron chi connectivity index (χ0n) is 11.5. The molecule has 5 heteroatoms. The van der Waals surface area contributed by atoms with E-state index in [2.05, 4.69) is 0 Å². The molecule has 1 saturated heterocycles. The van der Waals surface area contributed by atoms with E-state index >= 15 is 0 Å². The van der Waals surface area contributed by atoms with Crippen molar-refractivity contribution in [2.24, 2.45) is 5.41 Å². The number of benzene rings is 1. The predicted octanol–water partition coefficient (Wildman–Crippen LogP) is 1.60. The van der Waals surface area contributed by atoms with E-state index in [0.717, 1.165) is 5.56 Å². The first-order valence-corrected chi connectivity index (χ1v) is 6.44. The molecule has 2 amide bonds. The fraction of sp³-hybridized carbons (Fsp3) is 0.400. The summed E-state index contributed by atoms with van der Waals surface area (Å²) < 4.78 is 0. The summed E-state index contributed by atoms with van der Waals surface area (Å²) >= 11 is 0. The van der Waals surface area contributed by atoms with E-state index in [9.17, 15) is 14.4 Å². The molecule has 1 aromatic rings. The number of hydrogen-bond acceptors (Lipinski definition) is 3. The highest BCUT2D eigenvalue weighted by Gasteiger charge is 2.44. The Morgan fingerprint density at radius 1 is 1.20 bits per heavy atom. The molecule has 0 saturated carbocycles. The third-order valence-electron chi connectivity index (χ3n) is 3.44. The first-order chi connectivity index (χ1) is 9.29. The molecule has 20 heavy (non-hydrogen) atoms. The van der Waals surface area contributed by atoms with Crippen LogP contribution in [0.5, 0.6) is 0 Å². The lowest BCUT2D eigenvalue weighted by Gasteiger charge is -2.17. The SMILES string of the molecule is CC1(C)CC(=O)N(Cc2ccc(CC(=O)O)cc2)C1=O. The highest BCUT2D eigenvalue weighted by Crippen LogP contribution is 2.32. The molecule has 1 fully saturated rings. The van der Waals surface area contributed by atoms with Crippen molar-refractivity contribution in [1.82, 2.24) is 4.90 Å². The van der Waals surface area contributed by atoms with Crippen LogP contribution in [0, 0.1) is 5.41 Å². The zero-order valence-corrected chi connectivity index (χ0v) is 11.5. The zero-order chi connectivity index (χ0) is 14.9. The maximum Gasteiger partial charge on any atom is 0.307 e. The van der Waals surface area contributed by atoms with Gasteiger partial charge in [0.1, 0.15) is 0 Å². The van der Waals surface area contributed by atoms with E-state index in [-0.39, 0.29) is 31.2 Å². The lowest BCUT2D eigenvalue weighted by atomic mass is 9.92. The number of imide groups is 1. The summed E-state index contributed by atoms with van der Waals surface area (Å²) in [6.45, 7) is 3.78. The van der Waals surface area contributed by atoms with Crippen molar-refractivity contribution in [3.63, 3.8) is 0 Å². The van der Waals surface area contributed by atoms with Crippen LogP contribution >= 0.6 is 0 Å². The number of rotatable bonds is 4. The van der Waals surface area contributed by atoms with Crippen molar-refractivity contribution in [3.05, 3.63) is 35.4 Å². The first kappa shape index (κ1) is 14.2. The average Bonchev–Trinajstić information content (AvgIpc) is 2.53. The number of likely N-dealkylation sites (tertiary alicyclic amines) is 1. The summed E-state index contributed by atoms with van der Waals surface area (Å²) in [7, 11) is 0. The Labute approximate surface area is 117 Å². The highest BCUT2D eigenvalue weighted by molar-refractivity contribution is 6.05. The molecule has 0 bridgehead atoms. The van der Waals surface area contributed by atoms with Gasteiger partial charge < -0.3 is 5.11 Å². The van der Waals surface area contributed by atoms with Gasteiger partial charge >= 0.3 is 5.97 Å². The van der Waals surface area contributed by atoms with E-state index in [0.29, 0.717) is 5.56 Å². The number of hydrogen-bond donors (Lipinski definition) is 1. The Kier molecular flexibility index (Phi) is 3.61. The lowest BCUT2D eigenvalue weighted by Crippen LogP contribution is -2.32. The minimum Gasteiger partial charge on any atom is -0.481 e. The summed E-state index contributed by atoms with van der Waals surface area (Å²) in [5, 5.41) is 8.70. The van der Waals surface area contributed by atoms with Gasteiger partial charge in [-0.25, -0.2) is 0 Å². The minimum atomic E-state index is -0.885. The number of carbonyl (C=O) groups excluding carboxylic acids is 2. The highest BCUT2D eigenvalue weighted by atomic mass is 16.4. The summed E-state index contributed by atoms with van der Waals surface area (Å²) in [5.74, 6) is -1.20. The standard InChI is InChI=1S/C15H17NO4/c1-15(2)8-12(17)16(14(15)20)9-11-5-3-10(4-6-11)7-13(18)19/h3-6H,7-9H2,1-2H3,(H,18,19). The molecule has 1 aromatic carbocycles. The lowest BCUT2D eigenvalue weighted by molar-refractivity contribution is -0.141. The number of carbonyl (C=O) groups is 3. The van der Waals surface area contributed by atoms with Gasteiger partial charge in [0.2, 0.25) is 11.8 Å². The summed E-state index contributed by atoms with van der Waals surface area (Å²) in [6.07, 6.45) is 0.206. The minimum absolute atomic E-state index is 0.0329. The molecule has 1 heterocycles. The van der Waals surface area contributed by atoms with Gasteiger partial charge in [0.05, 0.1) is 18.4 Å². The van der Waals surface area contributed by atoms with E-state index < -0.39 is 11.4 Å². The molecule has 1 aliphatic rings. The van der Waals surface area contributed by atoms with Gasteiger partial charge in [-0.05, 0) is 11.1 Å². The van der Waals surface area contributed by atoms with Gasteiger partial charge in [0.15, 0.2) is 0 Å². The van der Waals surface area contributed by atoms with Gasteiger partial charge in [-0.1, -0.05) is 38.1 Å². The van der Waals surface area contributed by atoms with Crippen LogP contribution < -0.4 is 0 Å². The molecular formula is C15H17NO4. The Hall–Kier alpha value is -2.17. The van der Waals surface area contributed by atoms with Crippen molar-refractivity contribution < 1.29 is 19.5 Å². The number of nitrogens with zero attached hydrogens (tertiary/aromatic N) is 1. The summed E-state index contributed by atoms with van der Waals surface area (Å²) in [5.41, 5.74) is 0.888. The van der Waals surface area contributed by atoms with Crippen molar-refractivity contribution >= 4 is 17.8 Å². The van der Waals surface area contributed by atoms with Crippen LogP contribution in [0.25, 0.3) is 0 Å². The smallest absolute Gasteiger partial charge is 0.307 e. The Balaban J connectivity index is 2.09. The predicted molar refractivity (Wildman–Crippen MR) is 71.7 cm³/mol. The van der Waals surface area contributed by atoms with Crippen molar-refractivity contribution in [1.29, 1.82) is 0 Å². The molecule has 1 N–H and O–H groups in total. The van der Waals surface area contributed by atoms with Crippen molar-refractivity contribution in [2.75, 3.05) is 0 Å². The molecular weight excluding hydrogens is 258 g/mol. The number of carboxylic acids is 1. The number of amides is 2. The van der Waals surface area contributed by atoms with Crippen LogP contribution in [0.1, 0.15) is 31.4 Å². The maximum absolute atomic E-state index is 12.1. The van der Waals surface area contributed by atoms with Gasteiger partial charge in [-0.2, -0.15) is 0 Å². The molecule has 0 aromatic heterocycles. The Bertz CT molecular complexity index is 560. The van der Waals surface area contributed by atoms with Crippen LogP contribution in [0.3, 0.4) is 0 Å². The largest absolute Gasteiger partial charge is 0.481 e. The molecule has 0 unspecified atom stereocenters. The quantitative estimate of drug-likeness (QED) is 0.847. The molecule has 0 radical (unpaired) electrons. The Morgan fingerprint density at radius 2 is 1.75 bits per heavy atom. The average molecular weight is 275 g/mol. The second kappa shape index (κ2) is 5.07. The summed E-state index contributed by atoms with van der Waals surface area (Å²) in [6, 6.07) is 6.92. The van der Waals surface area contributed by atoms with E-state index in [4.69, 9.17) is 5.11 Å². The van der Waals surface area contributed by atoms with Crippen LogP contribution in [-0.4, -0.2) is 27.8 Å². The monoisotopic (exact) mass is 275 g/mol. The molecule has 5 nitrogen and oxygen atoms in total. The second-order valence-electron chi connectivity index (χ2n) is 5.73. The molecule has 0 spiro atoms. The normalized spacial score (nSPS) is 17.6. The molecule has 1 aliphatic heterocycles. The maximum atomic E-state index is 12.1. The third kappa shape index (κ3) is 2.87. The fourth-order valence-corrected chi connectivity index (χ4v) is 2.31. The van der Waals surface area contributed by atoms with E-state index in [1.807, 2.05) is 0 Å². The van der Waals surface area contributed by atoms with Gasteiger partial charge in [0.25, 0.3) is 0 Å². The molecule has 0 aliphatic carbocycles. The van der Waals surface area contributed by atoms with E-state index in [1.54, 1.807) is 38.1 Å². The number of carboxylic acid groups (broad SMARTS) is 1. The van der Waals surface area contributed by atoms with Crippen molar-refractivity contribution in [2.45, 2.75) is 33.2 Å². The van der Waals surface area contributed by atoms with Crippen LogP contribution in [-0.2, 0) is 27.3 Å². The summed E-state index contributed by atoms with van der Waals surface area (Å²) in [4.78, 5) is 35.8. The van der Waals surface area contributed by atoms with Gasteiger partial charge in [0, 0.05) is 6.42 Å². The fourth-order valence-electron chi connectivity index (χ4n) is 2.31. The molecule has 0 atom stereocenters. The first-order valence-electron chi connectivity index (χ1n) is 6.44. The third-order valence-corrected chi connectivity index (χ3v) is 3.44. The molecule has 106 valence electrons. The second-order valence-corrected chi connectivity index (χ2v) is 5.73. The van der Waals surface area contributed by atoms with E-state index in [1.165, 1.54) is 4.90 Å². The van der Waals surface area contributed by atoms with Crippen LogP contribution in [0.4, 0.5) is 0 Å². The van der Waals surface area contributed by atoms with Gasteiger partial charge in [-0.15, -0.1) is 0 Å². The topological polar surface area (TPSA) is 74.7 Å². The van der Waals surface area contributed by atoms with Crippen molar-refractivity contribution in [3.8, 4) is 0 Å². The number of aliphatic carboxylic acids is 1. The van der Waals surface area contributed by atoms with Crippen LogP contribution in [0.2, 0.25) is 0 Å².